The van der Waals surface area contributed by atoms with E-state index in [1.807, 2.05) is 18.2 Å². The van der Waals surface area contributed by atoms with Gasteiger partial charge in [-0.05, 0) is 36.2 Å². The topological polar surface area (TPSA) is 79.4 Å². The Morgan fingerprint density at radius 3 is 2.83 bits per heavy atom. The highest BCUT2D eigenvalue weighted by atomic mass is 35.5. The van der Waals surface area contributed by atoms with Crippen LogP contribution in [0.15, 0.2) is 61.2 Å². The predicted molar refractivity (Wildman–Crippen MR) is 116 cm³/mol. The van der Waals surface area contributed by atoms with E-state index in [2.05, 4.69) is 25.3 Å². The number of halogens is 2. The quantitative estimate of drug-likeness (QED) is 0.419. The summed E-state index contributed by atoms with van der Waals surface area (Å²) in [7, 11) is 0. The molecule has 2 aromatic carbocycles. The van der Waals surface area contributed by atoms with Crippen LogP contribution < -0.4 is 5.32 Å². The molecule has 8 heteroatoms. The van der Waals surface area contributed by atoms with Crippen LogP contribution in [0.1, 0.15) is 5.56 Å². The molecular weight excluding hydrogens is 403 g/mol. The summed E-state index contributed by atoms with van der Waals surface area (Å²) >= 11 is 6.35. The van der Waals surface area contributed by atoms with Crippen molar-refractivity contribution >= 4 is 39.5 Å². The number of fused-ring (bicyclic) bond motifs is 2. The molecule has 5 aromatic rings. The maximum absolute atomic E-state index is 14.6. The van der Waals surface area contributed by atoms with Crippen LogP contribution in [-0.2, 0) is 6.42 Å². The first-order valence-electron chi connectivity index (χ1n) is 9.42. The third kappa shape index (κ3) is 3.33. The van der Waals surface area contributed by atoms with E-state index in [1.165, 1.54) is 12.4 Å². The zero-order valence-electron chi connectivity index (χ0n) is 15.7. The number of aromatic amines is 1. The minimum absolute atomic E-state index is 0.319. The summed E-state index contributed by atoms with van der Waals surface area (Å²) in [5.41, 5.74) is 3.95. The van der Waals surface area contributed by atoms with E-state index in [9.17, 15) is 4.39 Å². The maximum atomic E-state index is 14.6. The normalized spacial score (nSPS) is 11.3. The smallest absolute Gasteiger partial charge is 0.182 e. The number of benzene rings is 2. The number of imidazole rings is 1. The third-order valence-corrected chi connectivity index (χ3v) is 5.22. The number of para-hydroxylation sites is 1. The number of rotatable bonds is 5. The highest BCUT2D eigenvalue weighted by molar-refractivity contribution is 6.35. The summed E-state index contributed by atoms with van der Waals surface area (Å²) in [6, 6.07) is 14.3. The molecule has 0 aliphatic heterocycles. The Kier molecular flexibility index (Phi) is 4.72. The summed E-state index contributed by atoms with van der Waals surface area (Å²) in [5, 5.41) is 4.76. The molecule has 0 spiro atoms. The average Bonchev–Trinajstić information content (AvgIpc) is 3.24. The summed E-state index contributed by atoms with van der Waals surface area (Å²) in [5.74, 6) is 0.349. The van der Waals surface area contributed by atoms with Gasteiger partial charge in [0.15, 0.2) is 11.5 Å². The lowest BCUT2D eigenvalue weighted by Crippen LogP contribution is -2.09. The molecule has 6 nitrogen and oxygen atoms in total. The molecule has 2 N–H and O–H groups in total. The van der Waals surface area contributed by atoms with Crippen molar-refractivity contribution in [2.45, 2.75) is 6.42 Å². The molecule has 3 aromatic heterocycles. The molecule has 148 valence electrons. The van der Waals surface area contributed by atoms with Crippen molar-refractivity contribution in [3.63, 3.8) is 0 Å². The largest absolute Gasteiger partial charge is 0.368 e. The first-order chi connectivity index (χ1) is 14.7. The molecule has 0 aliphatic carbocycles. The summed E-state index contributed by atoms with van der Waals surface area (Å²) in [6.07, 6.45) is 3.66. The van der Waals surface area contributed by atoms with Crippen molar-refractivity contribution in [2.24, 2.45) is 0 Å². The zero-order chi connectivity index (χ0) is 20.5. The first kappa shape index (κ1) is 18.4. The van der Waals surface area contributed by atoms with Gasteiger partial charge in [-0.1, -0.05) is 35.9 Å². The predicted octanol–water partition coefficient (Wildman–Crippen LogP) is 5.02. The molecule has 0 amide bonds. The number of hydrogen-bond acceptors (Lipinski definition) is 5. The highest BCUT2D eigenvalue weighted by Crippen LogP contribution is 2.31. The maximum Gasteiger partial charge on any atom is 0.182 e. The van der Waals surface area contributed by atoms with Crippen LogP contribution in [0.5, 0.6) is 0 Å². The summed E-state index contributed by atoms with van der Waals surface area (Å²) in [6.45, 7) is 0.570. The Morgan fingerprint density at radius 2 is 1.93 bits per heavy atom. The van der Waals surface area contributed by atoms with E-state index < -0.39 is 0 Å². The van der Waals surface area contributed by atoms with Gasteiger partial charge in [-0.25, -0.2) is 24.3 Å². The molecular formula is C22H16ClFN6. The van der Waals surface area contributed by atoms with E-state index in [1.54, 1.807) is 30.6 Å². The average molecular weight is 419 g/mol. The van der Waals surface area contributed by atoms with Crippen LogP contribution >= 0.6 is 11.6 Å². The fraction of sp³-hybridized carbons (Fsp3) is 0.0909. The van der Waals surface area contributed by atoms with Crippen LogP contribution in [0, 0.1) is 5.82 Å². The second-order valence-corrected chi connectivity index (χ2v) is 7.19. The Bertz CT molecular complexity index is 1370. The number of pyridine rings is 1. The monoisotopic (exact) mass is 418 g/mol. The van der Waals surface area contributed by atoms with Gasteiger partial charge in [-0.2, -0.15) is 0 Å². The minimum atomic E-state index is -0.319. The fourth-order valence-electron chi connectivity index (χ4n) is 3.50. The third-order valence-electron chi connectivity index (χ3n) is 4.91. The fourth-order valence-corrected chi connectivity index (χ4v) is 3.72. The molecule has 0 unspecified atom stereocenters. The molecule has 3 heterocycles. The van der Waals surface area contributed by atoms with Crippen molar-refractivity contribution in [3.05, 3.63) is 77.6 Å². The van der Waals surface area contributed by atoms with Crippen LogP contribution in [0.2, 0.25) is 5.02 Å². The van der Waals surface area contributed by atoms with E-state index >= 15 is 0 Å². The Morgan fingerprint density at radius 1 is 1.03 bits per heavy atom. The van der Waals surface area contributed by atoms with Crippen LogP contribution in [0.25, 0.3) is 33.3 Å². The van der Waals surface area contributed by atoms with Crippen LogP contribution in [0.3, 0.4) is 0 Å². The molecule has 0 fully saturated rings. The molecule has 0 radical (unpaired) electrons. The highest BCUT2D eigenvalue weighted by Gasteiger charge is 2.14. The van der Waals surface area contributed by atoms with Crippen LogP contribution in [-0.4, -0.2) is 31.5 Å². The van der Waals surface area contributed by atoms with Gasteiger partial charge >= 0.3 is 0 Å². The minimum Gasteiger partial charge on any atom is -0.368 e. The number of hydrogen-bond donors (Lipinski definition) is 2. The van der Waals surface area contributed by atoms with E-state index in [4.69, 9.17) is 16.6 Å². The molecule has 0 aliphatic rings. The number of H-pyrrole nitrogens is 1. The number of aromatic nitrogens is 5. The number of nitrogens with zero attached hydrogens (tertiary/aromatic N) is 4. The SMILES string of the molecule is Fc1ccccc1-c1nc2c(Cl)cccc2cc1CCNc1ncnc2nc[nH]c12. The van der Waals surface area contributed by atoms with Gasteiger partial charge in [-0.15, -0.1) is 0 Å². The molecule has 0 saturated carbocycles. The van der Waals surface area contributed by atoms with Gasteiger partial charge in [-0.3, -0.25) is 0 Å². The molecule has 0 bridgehead atoms. The molecule has 30 heavy (non-hydrogen) atoms. The number of anilines is 1. The molecule has 0 atom stereocenters. The Labute approximate surface area is 176 Å². The van der Waals surface area contributed by atoms with Gasteiger partial charge < -0.3 is 10.3 Å². The zero-order valence-corrected chi connectivity index (χ0v) is 16.5. The van der Waals surface area contributed by atoms with Crippen LogP contribution in [0.4, 0.5) is 10.2 Å². The second kappa shape index (κ2) is 7.68. The Balaban J connectivity index is 1.52. The van der Waals surface area contributed by atoms with Crippen molar-refractivity contribution in [1.29, 1.82) is 0 Å². The summed E-state index contributed by atoms with van der Waals surface area (Å²) in [4.78, 5) is 20.3. The molecule has 5 rings (SSSR count). The van der Waals surface area contributed by atoms with Crippen molar-refractivity contribution in [2.75, 3.05) is 11.9 Å². The van der Waals surface area contributed by atoms with Gasteiger partial charge in [0.2, 0.25) is 0 Å². The van der Waals surface area contributed by atoms with Gasteiger partial charge in [0, 0.05) is 17.5 Å². The van der Waals surface area contributed by atoms with Crippen molar-refractivity contribution < 1.29 is 4.39 Å². The van der Waals surface area contributed by atoms with E-state index in [-0.39, 0.29) is 5.82 Å². The van der Waals surface area contributed by atoms with Gasteiger partial charge in [0.1, 0.15) is 17.7 Å². The van der Waals surface area contributed by atoms with Crippen molar-refractivity contribution in [1.82, 2.24) is 24.9 Å². The Hall–Kier alpha value is -3.58. The van der Waals surface area contributed by atoms with E-state index in [0.29, 0.717) is 46.2 Å². The van der Waals surface area contributed by atoms with E-state index in [0.717, 1.165) is 16.5 Å². The first-order valence-corrected chi connectivity index (χ1v) is 9.79. The lowest BCUT2D eigenvalue weighted by atomic mass is 10.0. The van der Waals surface area contributed by atoms with Gasteiger partial charge in [0.25, 0.3) is 0 Å². The second-order valence-electron chi connectivity index (χ2n) is 6.79. The summed E-state index contributed by atoms with van der Waals surface area (Å²) < 4.78 is 14.6. The van der Waals surface area contributed by atoms with Crippen molar-refractivity contribution in [3.8, 4) is 11.3 Å². The van der Waals surface area contributed by atoms with Gasteiger partial charge in [0.05, 0.1) is 22.6 Å². The lowest BCUT2D eigenvalue weighted by Gasteiger charge is -2.13. The standard InChI is InChI=1S/C22H16ClFN6/c23-16-6-3-4-13-10-14(18(30-19(13)16)15-5-1-2-7-17(15)24)8-9-25-21-20-22(27-11-26-20)29-12-28-21/h1-7,10-12H,8-9H2,(H2,25,26,27,28,29). The molecule has 0 saturated heterocycles. The lowest BCUT2D eigenvalue weighted by molar-refractivity contribution is 0.630. The number of nitrogens with one attached hydrogen (secondary N) is 2.